The zero-order chi connectivity index (χ0) is 19.3. The fourth-order valence-electron chi connectivity index (χ4n) is 2.86. The topological polar surface area (TPSA) is 63.2 Å². The summed E-state index contributed by atoms with van der Waals surface area (Å²) in [5, 5.41) is 1.71. The maximum Gasteiger partial charge on any atom is 0.239 e. The summed E-state index contributed by atoms with van der Waals surface area (Å²) in [6.45, 7) is 1.42. The molecule has 5 heteroatoms. The van der Waals surface area contributed by atoms with Crippen LogP contribution in [0.1, 0.15) is 24.1 Å². The minimum atomic E-state index is -3.76. The Morgan fingerprint density at radius 1 is 0.741 bits per heavy atom. The molecule has 27 heavy (non-hydrogen) atoms. The van der Waals surface area contributed by atoms with E-state index >= 15 is 0 Å². The number of amides is 1. The van der Waals surface area contributed by atoms with E-state index < -0.39 is 27.0 Å². The van der Waals surface area contributed by atoms with Crippen LogP contribution in [-0.2, 0) is 14.6 Å². The summed E-state index contributed by atoms with van der Waals surface area (Å²) in [4.78, 5) is 13.0. The SMILES string of the molecule is CC(C(=O)NC(c1ccccc1)c1ccccc1)S(=O)(=O)c1ccccc1. The van der Waals surface area contributed by atoms with Crippen molar-refractivity contribution in [3.63, 3.8) is 0 Å². The Bertz CT molecular complexity index is 948. The Morgan fingerprint density at radius 3 is 1.59 bits per heavy atom. The number of rotatable bonds is 6. The summed E-state index contributed by atoms with van der Waals surface area (Å²) in [7, 11) is -3.76. The molecule has 0 fully saturated rings. The lowest BCUT2D eigenvalue weighted by molar-refractivity contribution is -0.120. The third-order valence-electron chi connectivity index (χ3n) is 4.46. The van der Waals surface area contributed by atoms with Gasteiger partial charge in [0.25, 0.3) is 0 Å². The van der Waals surface area contributed by atoms with Gasteiger partial charge in [0, 0.05) is 0 Å². The molecule has 0 heterocycles. The van der Waals surface area contributed by atoms with E-state index in [0.29, 0.717) is 0 Å². The molecule has 0 aromatic heterocycles. The van der Waals surface area contributed by atoms with Gasteiger partial charge in [0.15, 0.2) is 9.84 Å². The predicted octanol–water partition coefficient (Wildman–Crippen LogP) is 3.75. The number of benzene rings is 3. The summed E-state index contributed by atoms with van der Waals surface area (Å²) in [6, 6.07) is 26.6. The van der Waals surface area contributed by atoms with Crippen molar-refractivity contribution in [2.24, 2.45) is 0 Å². The van der Waals surface area contributed by atoms with Crippen molar-refractivity contribution in [3.05, 3.63) is 102 Å². The summed E-state index contributed by atoms with van der Waals surface area (Å²) in [5.74, 6) is -0.531. The zero-order valence-electron chi connectivity index (χ0n) is 14.9. The largest absolute Gasteiger partial charge is 0.344 e. The van der Waals surface area contributed by atoms with Gasteiger partial charge in [0.1, 0.15) is 5.25 Å². The molecule has 3 aromatic rings. The van der Waals surface area contributed by atoms with Crippen molar-refractivity contribution < 1.29 is 13.2 Å². The second-order valence-electron chi connectivity index (χ2n) is 6.26. The van der Waals surface area contributed by atoms with Crippen LogP contribution >= 0.6 is 0 Å². The van der Waals surface area contributed by atoms with Crippen LogP contribution in [-0.4, -0.2) is 19.6 Å². The second-order valence-corrected chi connectivity index (χ2v) is 8.53. The highest BCUT2D eigenvalue weighted by Crippen LogP contribution is 2.23. The average Bonchev–Trinajstić information content (AvgIpc) is 2.73. The molecule has 0 aliphatic rings. The lowest BCUT2D eigenvalue weighted by atomic mass is 9.98. The van der Waals surface area contributed by atoms with E-state index in [4.69, 9.17) is 0 Å². The van der Waals surface area contributed by atoms with Crippen LogP contribution in [0.15, 0.2) is 95.9 Å². The van der Waals surface area contributed by atoms with Crippen molar-refractivity contribution in [3.8, 4) is 0 Å². The molecule has 0 radical (unpaired) electrons. The Labute approximate surface area is 159 Å². The summed E-state index contributed by atoms with van der Waals surface area (Å²) in [5.41, 5.74) is 1.78. The molecule has 0 saturated carbocycles. The van der Waals surface area contributed by atoms with E-state index in [1.165, 1.54) is 19.1 Å². The Kier molecular flexibility index (Phi) is 5.72. The van der Waals surface area contributed by atoms with E-state index in [-0.39, 0.29) is 4.90 Å². The van der Waals surface area contributed by atoms with Gasteiger partial charge in [0.2, 0.25) is 5.91 Å². The lowest BCUT2D eigenvalue weighted by Gasteiger charge is -2.22. The van der Waals surface area contributed by atoms with Crippen LogP contribution in [0.5, 0.6) is 0 Å². The first kappa shape index (κ1) is 18.9. The quantitative estimate of drug-likeness (QED) is 0.709. The molecular formula is C22H21NO3S. The molecule has 3 aromatic carbocycles. The van der Waals surface area contributed by atoms with Crippen molar-refractivity contribution in [1.29, 1.82) is 0 Å². The van der Waals surface area contributed by atoms with Crippen LogP contribution < -0.4 is 5.32 Å². The minimum Gasteiger partial charge on any atom is -0.344 e. The molecule has 3 rings (SSSR count). The van der Waals surface area contributed by atoms with Gasteiger partial charge in [0.05, 0.1) is 10.9 Å². The standard InChI is InChI=1S/C22H21NO3S/c1-17(27(25,26)20-15-9-4-10-16-20)22(24)23-21(18-11-5-2-6-12-18)19-13-7-3-8-14-19/h2-17,21H,1H3,(H,23,24). The summed E-state index contributed by atoms with van der Waals surface area (Å²) in [6.07, 6.45) is 0. The average molecular weight is 379 g/mol. The molecule has 1 amide bonds. The normalized spacial score (nSPS) is 12.5. The number of sulfone groups is 1. The molecule has 1 atom stereocenters. The Hall–Kier alpha value is -2.92. The van der Waals surface area contributed by atoms with Crippen molar-refractivity contribution >= 4 is 15.7 Å². The third-order valence-corrected chi connectivity index (χ3v) is 6.53. The van der Waals surface area contributed by atoms with Crippen LogP contribution in [0.2, 0.25) is 0 Å². The van der Waals surface area contributed by atoms with Crippen LogP contribution in [0.4, 0.5) is 0 Å². The first-order valence-electron chi connectivity index (χ1n) is 8.69. The molecular weight excluding hydrogens is 358 g/mol. The van der Waals surface area contributed by atoms with Crippen molar-refractivity contribution in [2.75, 3.05) is 0 Å². The smallest absolute Gasteiger partial charge is 0.239 e. The third kappa shape index (κ3) is 4.26. The molecule has 138 valence electrons. The van der Waals surface area contributed by atoms with Gasteiger partial charge >= 0.3 is 0 Å². The molecule has 0 saturated heterocycles. The van der Waals surface area contributed by atoms with Gasteiger partial charge in [-0.15, -0.1) is 0 Å². The zero-order valence-corrected chi connectivity index (χ0v) is 15.8. The van der Waals surface area contributed by atoms with E-state index in [9.17, 15) is 13.2 Å². The van der Waals surface area contributed by atoms with Gasteiger partial charge in [-0.05, 0) is 30.2 Å². The highest BCUT2D eigenvalue weighted by molar-refractivity contribution is 7.92. The molecule has 4 nitrogen and oxygen atoms in total. The van der Waals surface area contributed by atoms with Gasteiger partial charge in [-0.3, -0.25) is 4.79 Å². The molecule has 0 aliphatic heterocycles. The maximum atomic E-state index is 12.8. The molecule has 0 aliphatic carbocycles. The van der Waals surface area contributed by atoms with Crippen LogP contribution in [0.3, 0.4) is 0 Å². The van der Waals surface area contributed by atoms with E-state index in [1.807, 2.05) is 60.7 Å². The number of carbonyl (C=O) groups is 1. The van der Waals surface area contributed by atoms with E-state index in [0.717, 1.165) is 11.1 Å². The lowest BCUT2D eigenvalue weighted by Crippen LogP contribution is -2.40. The van der Waals surface area contributed by atoms with Gasteiger partial charge in [-0.1, -0.05) is 78.9 Å². The van der Waals surface area contributed by atoms with E-state index in [1.54, 1.807) is 18.2 Å². The Balaban J connectivity index is 1.89. The number of carbonyl (C=O) groups excluding carboxylic acids is 1. The van der Waals surface area contributed by atoms with Crippen molar-refractivity contribution in [2.45, 2.75) is 23.1 Å². The predicted molar refractivity (Wildman–Crippen MR) is 106 cm³/mol. The fraction of sp³-hybridized carbons (Fsp3) is 0.136. The second kappa shape index (κ2) is 8.18. The number of hydrogen-bond donors (Lipinski definition) is 1. The monoisotopic (exact) mass is 379 g/mol. The van der Waals surface area contributed by atoms with Crippen molar-refractivity contribution in [1.82, 2.24) is 5.32 Å². The highest BCUT2D eigenvalue weighted by Gasteiger charge is 2.31. The van der Waals surface area contributed by atoms with E-state index in [2.05, 4.69) is 5.32 Å². The highest BCUT2D eigenvalue weighted by atomic mass is 32.2. The minimum absolute atomic E-state index is 0.142. The number of nitrogens with one attached hydrogen (secondary N) is 1. The maximum absolute atomic E-state index is 12.8. The molecule has 1 unspecified atom stereocenters. The summed E-state index contributed by atoms with van der Waals surface area (Å²) >= 11 is 0. The fourth-order valence-corrected chi connectivity index (χ4v) is 4.16. The summed E-state index contributed by atoms with van der Waals surface area (Å²) < 4.78 is 25.5. The van der Waals surface area contributed by atoms with Gasteiger partial charge in [-0.25, -0.2) is 8.42 Å². The molecule has 1 N–H and O–H groups in total. The molecule has 0 bridgehead atoms. The Morgan fingerprint density at radius 2 is 1.15 bits per heavy atom. The van der Waals surface area contributed by atoms with Crippen LogP contribution in [0.25, 0.3) is 0 Å². The molecule has 0 spiro atoms. The van der Waals surface area contributed by atoms with Gasteiger partial charge < -0.3 is 5.32 Å². The van der Waals surface area contributed by atoms with Crippen LogP contribution in [0, 0.1) is 0 Å². The number of hydrogen-bond acceptors (Lipinski definition) is 3. The first-order valence-corrected chi connectivity index (χ1v) is 10.2. The van der Waals surface area contributed by atoms with Gasteiger partial charge in [-0.2, -0.15) is 0 Å². The first-order chi connectivity index (χ1) is 13.0.